The van der Waals surface area contributed by atoms with Crippen LogP contribution in [0.4, 0.5) is 0 Å². The average Bonchev–Trinajstić information content (AvgIpc) is 2.32. The van der Waals surface area contributed by atoms with E-state index in [0.717, 1.165) is 18.4 Å². The minimum Gasteiger partial charge on any atom is -0.385 e. The topological polar surface area (TPSA) is 20.2 Å². The number of rotatable bonds is 6. The smallest absolute Gasteiger partial charge is 0.0935 e. The van der Waals surface area contributed by atoms with E-state index < -0.39 is 5.60 Å². The number of hydrogen-bond donors (Lipinski definition) is 1. The SMILES string of the molecule is CCC(CC)C(O)(CCCl)c1ccccc1. The quantitative estimate of drug-likeness (QED) is 0.747. The highest BCUT2D eigenvalue weighted by atomic mass is 35.5. The van der Waals surface area contributed by atoms with Gasteiger partial charge in [0.1, 0.15) is 0 Å². The zero-order chi connectivity index (χ0) is 12.0. The van der Waals surface area contributed by atoms with Crippen LogP contribution in [-0.4, -0.2) is 11.0 Å². The zero-order valence-corrected chi connectivity index (χ0v) is 10.9. The number of alkyl halides is 1. The van der Waals surface area contributed by atoms with Gasteiger partial charge in [-0.15, -0.1) is 11.6 Å². The molecule has 1 rings (SSSR count). The van der Waals surface area contributed by atoms with Crippen LogP contribution in [0.2, 0.25) is 0 Å². The molecular formula is C14H21ClO. The van der Waals surface area contributed by atoms with E-state index in [4.69, 9.17) is 11.6 Å². The molecule has 0 aliphatic carbocycles. The lowest BCUT2D eigenvalue weighted by Gasteiger charge is -2.35. The Morgan fingerprint density at radius 3 is 2.19 bits per heavy atom. The van der Waals surface area contributed by atoms with Crippen LogP contribution in [0.3, 0.4) is 0 Å². The standard InChI is InChI=1S/C14H21ClO/c1-3-12(4-2)14(16,10-11-15)13-8-6-5-7-9-13/h5-9,12,16H,3-4,10-11H2,1-2H3. The molecule has 2 heteroatoms. The molecule has 0 amide bonds. The van der Waals surface area contributed by atoms with Crippen molar-refractivity contribution in [2.75, 3.05) is 5.88 Å². The van der Waals surface area contributed by atoms with Crippen molar-refractivity contribution >= 4 is 11.6 Å². The fourth-order valence-electron chi connectivity index (χ4n) is 2.42. The summed E-state index contributed by atoms with van der Waals surface area (Å²) >= 11 is 5.83. The van der Waals surface area contributed by atoms with Crippen molar-refractivity contribution in [3.63, 3.8) is 0 Å². The molecule has 0 fully saturated rings. The van der Waals surface area contributed by atoms with Gasteiger partial charge in [0.2, 0.25) is 0 Å². The van der Waals surface area contributed by atoms with Crippen LogP contribution < -0.4 is 0 Å². The summed E-state index contributed by atoms with van der Waals surface area (Å²) in [6.07, 6.45) is 2.56. The van der Waals surface area contributed by atoms with Gasteiger partial charge in [-0.3, -0.25) is 0 Å². The Kier molecular flexibility index (Phi) is 5.30. The second-order valence-electron chi connectivity index (χ2n) is 4.24. The zero-order valence-electron chi connectivity index (χ0n) is 10.1. The van der Waals surface area contributed by atoms with Crippen molar-refractivity contribution in [2.45, 2.75) is 38.7 Å². The van der Waals surface area contributed by atoms with Crippen molar-refractivity contribution in [3.05, 3.63) is 35.9 Å². The predicted octanol–water partition coefficient (Wildman–Crippen LogP) is 3.94. The maximum absolute atomic E-state index is 10.9. The minimum absolute atomic E-state index is 0.272. The minimum atomic E-state index is -0.771. The van der Waals surface area contributed by atoms with E-state index in [1.807, 2.05) is 30.3 Å². The van der Waals surface area contributed by atoms with E-state index in [0.29, 0.717) is 12.3 Å². The lowest BCUT2D eigenvalue weighted by atomic mass is 9.76. The van der Waals surface area contributed by atoms with Gasteiger partial charge in [-0.2, -0.15) is 0 Å². The molecule has 0 heterocycles. The van der Waals surface area contributed by atoms with Crippen molar-refractivity contribution < 1.29 is 5.11 Å². The molecule has 0 saturated carbocycles. The fraction of sp³-hybridized carbons (Fsp3) is 0.571. The Bertz CT molecular complexity index is 295. The molecule has 0 radical (unpaired) electrons. The molecule has 1 aromatic rings. The van der Waals surface area contributed by atoms with Crippen molar-refractivity contribution in [3.8, 4) is 0 Å². The summed E-state index contributed by atoms with van der Waals surface area (Å²) in [5, 5.41) is 10.9. The molecule has 0 aliphatic rings. The Balaban J connectivity index is 3.05. The van der Waals surface area contributed by atoms with Crippen LogP contribution in [-0.2, 0) is 5.60 Å². The van der Waals surface area contributed by atoms with Crippen LogP contribution >= 0.6 is 11.6 Å². The summed E-state index contributed by atoms with van der Waals surface area (Å²) in [5.74, 6) is 0.760. The Morgan fingerprint density at radius 1 is 1.19 bits per heavy atom. The van der Waals surface area contributed by atoms with Crippen LogP contribution in [0.1, 0.15) is 38.7 Å². The van der Waals surface area contributed by atoms with Gasteiger partial charge in [-0.25, -0.2) is 0 Å². The maximum atomic E-state index is 10.9. The monoisotopic (exact) mass is 240 g/mol. The van der Waals surface area contributed by atoms with E-state index in [1.54, 1.807) is 0 Å². The average molecular weight is 241 g/mol. The highest BCUT2D eigenvalue weighted by molar-refractivity contribution is 6.17. The third-order valence-corrected chi connectivity index (χ3v) is 3.60. The van der Waals surface area contributed by atoms with Crippen LogP contribution in [0.15, 0.2) is 30.3 Å². The van der Waals surface area contributed by atoms with Gasteiger partial charge in [0.05, 0.1) is 5.60 Å². The number of halogens is 1. The molecule has 0 saturated heterocycles. The van der Waals surface area contributed by atoms with Gasteiger partial charge in [-0.1, -0.05) is 57.0 Å². The molecule has 1 atom stereocenters. The van der Waals surface area contributed by atoms with Crippen LogP contribution in [0.25, 0.3) is 0 Å². The molecule has 0 spiro atoms. The number of aliphatic hydroxyl groups is 1. The van der Waals surface area contributed by atoms with E-state index >= 15 is 0 Å². The molecule has 1 N–H and O–H groups in total. The van der Waals surface area contributed by atoms with Crippen LogP contribution in [0.5, 0.6) is 0 Å². The van der Waals surface area contributed by atoms with E-state index in [1.165, 1.54) is 0 Å². The summed E-state index contributed by atoms with van der Waals surface area (Å²) in [7, 11) is 0. The second kappa shape index (κ2) is 6.27. The van der Waals surface area contributed by atoms with Gasteiger partial charge in [0, 0.05) is 5.88 Å². The molecule has 16 heavy (non-hydrogen) atoms. The maximum Gasteiger partial charge on any atom is 0.0935 e. The lowest BCUT2D eigenvalue weighted by Crippen LogP contribution is -2.35. The van der Waals surface area contributed by atoms with Gasteiger partial charge >= 0.3 is 0 Å². The third-order valence-electron chi connectivity index (χ3n) is 3.41. The normalized spacial score (nSPS) is 15.1. The molecule has 0 aromatic heterocycles. The Hall–Kier alpha value is -0.530. The van der Waals surface area contributed by atoms with Crippen molar-refractivity contribution in [1.82, 2.24) is 0 Å². The molecule has 0 aliphatic heterocycles. The van der Waals surface area contributed by atoms with E-state index in [-0.39, 0.29) is 5.92 Å². The highest BCUT2D eigenvalue weighted by Gasteiger charge is 2.35. The first-order valence-electron chi connectivity index (χ1n) is 6.02. The van der Waals surface area contributed by atoms with Crippen molar-refractivity contribution in [1.29, 1.82) is 0 Å². The van der Waals surface area contributed by atoms with Crippen LogP contribution in [0, 0.1) is 5.92 Å². The Morgan fingerprint density at radius 2 is 1.75 bits per heavy atom. The summed E-state index contributed by atoms with van der Waals surface area (Å²) < 4.78 is 0. The van der Waals surface area contributed by atoms with Gasteiger partial charge in [-0.05, 0) is 17.9 Å². The highest BCUT2D eigenvalue weighted by Crippen LogP contribution is 2.37. The molecular weight excluding hydrogens is 220 g/mol. The fourth-order valence-corrected chi connectivity index (χ4v) is 2.71. The summed E-state index contributed by atoms with van der Waals surface area (Å²) in [5.41, 5.74) is 0.219. The number of benzene rings is 1. The number of hydrogen-bond acceptors (Lipinski definition) is 1. The lowest BCUT2D eigenvalue weighted by molar-refractivity contribution is -0.0305. The molecule has 1 aromatic carbocycles. The second-order valence-corrected chi connectivity index (χ2v) is 4.62. The molecule has 1 unspecified atom stereocenters. The summed E-state index contributed by atoms with van der Waals surface area (Å²) in [6, 6.07) is 9.89. The van der Waals surface area contributed by atoms with Crippen molar-refractivity contribution in [2.24, 2.45) is 5.92 Å². The third kappa shape index (κ3) is 2.78. The summed E-state index contributed by atoms with van der Waals surface area (Å²) in [4.78, 5) is 0. The first-order valence-corrected chi connectivity index (χ1v) is 6.56. The predicted molar refractivity (Wildman–Crippen MR) is 69.7 cm³/mol. The van der Waals surface area contributed by atoms with Gasteiger partial charge in [0.25, 0.3) is 0 Å². The Labute approximate surface area is 103 Å². The largest absolute Gasteiger partial charge is 0.385 e. The van der Waals surface area contributed by atoms with Gasteiger partial charge < -0.3 is 5.11 Å². The first kappa shape index (κ1) is 13.5. The molecule has 90 valence electrons. The molecule has 0 bridgehead atoms. The van der Waals surface area contributed by atoms with E-state index in [2.05, 4.69) is 13.8 Å². The molecule has 1 nitrogen and oxygen atoms in total. The van der Waals surface area contributed by atoms with Gasteiger partial charge in [0.15, 0.2) is 0 Å². The van der Waals surface area contributed by atoms with E-state index in [9.17, 15) is 5.11 Å². The summed E-state index contributed by atoms with van der Waals surface area (Å²) in [6.45, 7) is 4.24. The first-order chi connectivity index (χ1) is 7.69.